The lowest BCUT2D eigenvalue weighted by Gasteiger charge is -2.23. The van der Waals surface area contributed by atoms with Crippen LogP contribution < -0.4 is 5.73 Å². The van der Waals surface area contributed by atoms with Crippen LogP contribution in [0.25, 0.3) is 0 Å². The van der Waals surface area contributed by atoms with Crippen molar-refractivity contribution in [2.75, 3.05) is 7.11 Å². The van der Waals surface area contributed by atoms with Crippen molar-refractivity contribution in [2.24, 2.45) is 5.73 Å². The Hall–Kier alpha value is -1.35. The fourth-order valence-corrected chi connectivity index (χ4v) is 2.86. The molecular weight excluding hydrogens is 214 g/mol. The second-order valence-electron chi connectivity index (χ2n) is 5.31. The molecule has 0 aromatic heterocycles. The lowest BCUT2D eigenvalue weighted by molar-refractivity contribution is 0.0600. The van der Waals surface area contributed by atoms with Crippen LogP contribution in [0.5, 0.6) is 0 Å². The summed E-state index contributed by atoms with van der Waals surface area (Å²) in [5.41, 5.74) is 8.46. The van der Waals surface area contributed by atoms with Gasteiger partial charge in [-0.25, -0.2) is 4.79 Å². The van der Waals surface area contributed by atoms with Crippen molar-refractivity contribution in [3.63, 3.8) is 0 Å². The number of methoxy groups -OCH3 is 1. The Kier molecular flexibility index (Phi) is 2.11. The Morgan fingerprint density at radius 3 is 2.18 bits per heavy atom. The van der Waals surface area contributed by atoms with E-state index in [4.69, 9.17) is 10.5 Å². The third kappa shape index (κ3) is 1.49. The summed E-state index contributed by atoms with van der Waals surface area (Å²) < 4.78 is 4.69. The standard InChI is InChI=1S/C14H17NO2/c1-17-12(16)10-2-4-11(5-3-10)13(6-7-13)14(15)8-9-14/h2-5H,6-9,15H2,1H3. The van der Waals surface area contributed by atoms with Gasteiger partial charge in [-0.2, -0.15) is 0 Å². The van der Waals surface area contributed by atoms with Gasteiger partial charge in [0.1, 0.15) is 0 Å². The van der Waals surface area contributed by atoms with E-state index in [0.717, 1.165) is 12.8 Å². The first-order chi connectivity index (χ1) is 8.11. The van der Waals surface area contributed by atoms with Gasteiger partial charge in [0.25, 0.3) is 0 Å². The SMILES string of the molecule is COC(=O)c1ccc(C2(C3(N)CC3)CC2)cc1. The van der Waals surface area contributed by atoms with E-state index in [-0.39, 0.29) is 16.9 Å². The molecule has 2 aliphatic rings. The fourth-order valence-electron chi connectivity index (χ4n) is 2.86. The largest absolute Gasteiger partial charge is 0.465 e. The summed E-state index contributed by atoms with van der Waals surface area (Å²) in [5.74, 6) is -0.282. The van der Waals surface area contributed by atoms with Crippen molar-refractivity contribution >= 4 is 5.97 Å². The van der Waals surface area contributed by atoms with E-state index in [1.54, 1.807) is 0 Å². The first-order valence-electron chi connectivity index (χ1n) is 6.09. The Morgan fingerprint density at radius 1 is 1.18 bits per heavy atom. The monoisotopic (exact) mass is 231 g/mol. The van der Waals surface area contributed by atoms with E-state index in [9.17, 15) is 4.79 Å². The molecule has 2 fully saturated rings. The van der Waals surface area contributed by atoms with E-state index in [0.29, 0.717) is 5.56 Å². The van der Waals surface area contributed by atoms with Crippen molar-refractivity contribution in [1.29, 1.82) is 0 Å². The normalized spacial score (nSPS) is 22.9. The van der Waals surface area contributed by atoms with Crippen molar-refractivity contribution in [2.45, 2.75) is 36.6 Å². The molecule has 2 aliphatic carbocycles. The minimum absolute atomic E-state index is 0.0276. The van der Waals surface area contributed by atoms with Gasteiger partial charge in [-0.15, -0.1) is 0 Å². The molecule has 90 valence electrons. The summed E-state index contributed by atoms with van der Waals surface area (Å²) in [6, 6.07) is 7.75. The summed E-state index contributed by atoms with van der Waals surface area (Å²) in [6.45, 7) is 0. The predicted molar refractivity (Wildman–Crippen MR) is 64.8 cm³/mol. The molecule has 1 aromatic rings. The minimum Gasteiger partial charge on any atom is -0.465 e. The van der Waals surface area contributed by atoms with Gasteiger partial charge >= 0.3 is 5.97 Å². The van der Waals surface area contributed by atoms with E-state index >= 15 is 0 Å². The zero-order valence-electron chi connectivity index (χ0n) is 10.0. The Bertz CT molecular complexity index is 456. The molecule has 3 rings (SSSR count). The molecule has 0 amide bonds. The van der Waals surface area contributed by atoms with Crippen LogP contribution in [-0.4, -0.2) is 18.6 Å². The molecule has 2 N–H and O–H groups in total. The van der Waals surface area contributed by atoms with Crippen LogP contribution >= 0.6 is 0 Å². The van der Waals surface area contributed by atoms with Crippen molar-refractivity contribution < 1.29 is 9.53 Å². The van der Waals surface area contributed by atoms with Crippen molar-refractivity contribution in [1.82, 2.24) is 0 Å². The summed E-state index contributed by atoms with van der Waals surface area (Å²) in [4.78, 5) is 11.4. The van der Waals surface area contributed by atoms with Gasteiger partial charge < -0.3 is 10.5 Å². The van der Waals surface area contributed by atoms with Gasteiger partial charge in [-0.3, -0.25) is 0 Å². The van der Waals surface area contributed by atoms with Crippen LogP contribution in [0.4, 0.5) is 0 Å². The maximum Gasteiger partial charge on any atom is 0.337 e. The van der Waals surface area contributed by atoms with Gasteiger partial charge in [0.2, 0.25) is 0 Å². The number of rotatable bonds is 3. The van der Waals surface area contributed by atoms with Crippen LogP contribution in [0, 0.1) is 0 Å². The third-order valence-electron chi connectivity index (χ3n) is 4.35. The number of hydrogen-bond acceptors (Lipinski definition) is 3. The van der Waals surface area contributed by atoms with Crippen LogP contribution in [0.3, 0.4) is 0 Å². The molecular formula is C14H17NO2. The number of ether oxygens (including phenoxy) is 1. The summed E-state index contributed by atoms with van der Waals surface area (Å²) in [6.07, 6.45) is 4.62. The first-order valence-corrected chi connectivity index (χ1v) is 6.09. The molecule has 0 bridgehead atoms. The smallest absolute Gasteiger partial charge is 0.337 e. The Balaban J connectivity index is 1.88. The molecule has 3 nitrogen and oxygen atoms in total. The summed E-state index contributed by atoms with van der Waals surface area (Å²) in [5, 5.41) is 0. The van der Waals surface area contributed by atoms with E-state index in [1.807, 2.05) is 24.3 Å². The second kappa shape index (κ2) is 3.33. The lowest BCUT2D eigenvalue weighted by Crippen LogP contribution is -2.37. The van der Waals surface area contributed by atoms with Crippen LogP contribution in [0.2, 0.25) is 0 Å². The van der Waals surface area contributed by atoms with Gasteiger partial charge in [0.15, 0.2) is 0 Å². The quantitative estimate of drug-likeness (QED) is 0.809. The highest BCUT2D eigenvalue weighted by molar-refractivity contribution is 5.89. The van der Waals surface area contributed by atoms with E-state index in [2.05, 4.69) is 0 Å². The van der Waals surface area contributed by atoms with E-state index in [1.165, 1.54) is 25.5 Å². The third-order valence-corrected chi connectivity index (χ3v) is 4.35. The molecule has 0 spiro atoms. The van der Waals surface area contributed by atoms with Gasteiger partial charge in [0.05, 0.1) is 12.7 Å². The number of nitrogens with two attached hydrogens (primary N) is 1. The van der Waals surface area contributed by atoms with E-state index < -0.39 is 0 Å². The minimum atomic E-state index is -0.282. The zero-order chi connectivity index (χ0) is 12.1. The van der Waals surface area contributed by atoms with Crippen molar-refractivity contribution in [3.8, 4) is 0 Å². The molecule has 0 atom stereocenters. The molecule has 17 heavy (non-hydrogen) atoms. The average Bonchev–Trinajstić information content (AvgIpc) is 3.24. The predicted octanol–water partition coefficient (Wildman–Crippen LogP) is 2.00. The Morgan fingerprint density at radius 2 is 1.76 bits per heavy atom. The molecule has 0 unspecified atom stereocenters. The van der Waals surface area contributed by atoms with Gasteiger partial charge in [-0.05, 0) is 43.4 Å². The molecule has 2 saturated carbocycles. The molecule has 0 aliphatic heterocycles. The zero-order valence-corrected chi connectivity index (χ0v) is 10.0. The van der Waals surface area contributed by atoms with Gasteiger partial charge in [0, 0.05) is 11.0 Å². The van der Waals surface area contributed by atoms with Crippen molar-refractivity contribution in [3.05, 3.63) is 35.4 Å². The van der Waals surface area contributed by atoms with Crippen LogP contribution in [-0.2, 0) is 10.2 Å². The molecule has 0 heterocycles. The molecule has 3 heteroatoms. The fraction of sp³-hybridized carbons (Fsp3) is 0.500. The summed E-state index contributed by atoms with van der Waals surface area (Å²) in [7, 11) is 1.40. The maximum absolute atomic E-state index is 11.4. The molecule has 0 radical (unpaired) electrons. The molecule has 1 aromatic carbocycles. The highest BCUT2D eigenvalue weighted by Gasteiger charge is 2.63. The number of benzene rings is 1. The highest BCUT2D eigenvalue weighted by atomic mass is 16.5. The first kappa shape index (κ1) is 10.8. The second-order valence-corrected chi connectivity index (χ2v) is 5.31. The van der Waals surface area contributed by atoms with Crippen LogP contribution in [0.15, 0.2) is 24.3 Å². The topological polar surface area (TPSA) is 52.3 Å². The van der Waals surface area contributed by atoms with Crippen LogP contribution in [0.1, 0.15) is 41.6 Å². The van der Waals surface area contributed by atoms with Gasteiger partial charge in [-0.1, -0.05) is 12.1 Å². The maximum atomic E-state index is 11.4. The highest BCUT2D eigenvalue weighted by Crippen LogP contribution is 2.63. The average molecular weight is 231 g/mol. The lowest BCUT2D eigenvalue weighted by atomic mass is 9.86. The number of hydrogen-bond donors (Lipinski definition) is 1. The number of carbonyl (C=O) groups excluding carboxylic acids is 1. The summed E-state index contributed by atoms with van der Waals surface area (Å²) >= 11 is 0. The Labute approximate surface area is 101 Å². The number of esters is 1. The molecule has 0 saturated heterocycles. The number of carbonyl (C=O) groups is 1.